The quantitative estimate of drug-likeness (QED) is 0.666. The molecule has 1 amide bonds. The Labute approximate surface area is 160 Å². The predicted octanol–water partition coefficient (Wildman–Crippen LogP) is 3.86. The van der Waals surface area contributed by atoms with E-state index in [0.717, 1.165) is 22.4 Å². The second-order valence-electron chi connectivity index (χ2n) is 6.25. The van der Waals surface area contributed by atoms with Crippen LogP contribution in [0.4, 0.5) is 13.2 Å². The molecule has 0 saturated heterocycles. The molecular weight excluding hydrogens is 371 g/mol. The van der Waals surface area contributed by atoms with Gasteiger partial charge in [-0.25, -0.2) is 4.98 Å². The number of aryl methyl sites for hydroxylation is 1. The number of alkyl halides is 3. The van der Waals surface area contributed by atoms with Crippen molar-refractivity contribution in [2.24, 2.45) is 0 Å². The summed E-state index contributed by atoms with van der Waals surface area (Å²) in [5, 5.41) is 2.84. The molecule has 0 atom stereocenters. The number of carbonyl (C=O) groups excluding carboxylic acids is 1. The molecule has 148 valence electrons. The molecule has 2 aromatic carbocycles. The van der Waals surface area contributed by atoms with Crippen molar-refractivity contribution in [2.75, 3.05) is 6.54 Å². The van der Waals surface area contributed by atoms with Crippen LogP contribution in [-0.4, -0.2) is 28.4 Å². The number of hydrogen-bond donors (Lipinski definition) is 1. The fourth-order valence-electron chi connectivity index (χ4n) is 2.98. The molecule has 0 spiro atoms. The highest BCUT2D eigenvalue weighted by Gasteiger charge is 2.30. The zero-order chi connectivity index (χ0) is 20.1. The third-order valence-electron chi connectivity index (χ3n) is 4.24. The van der Waals surface area contributed by atoms with Gasteiger partial charge in [0.25, 0.3) is 0 Å². The van der Waals surface area contributed by atoms with Gasteiger partial charge in [-0.2, -0.15) is 0 Å². The normalized spacial score (nSPS) is 11.6. The Balaban J connectivity index is 1.54. The van der Waals surface area contributed by atoms with Crippen LogP contribution in [-0.2, 0) is 24.2 Å². The van der Waals surface area contributed by atoms with E-state index in [9.17, 15) is 18.0 Å². The number of hydrogen-bond acceptors (Lipinski definition) is 3. The highest BCUT2D eigenvalue weighted by Crippen LogP contribution is 2.22. The number of halogens is 3. The van der Waals surface area contributed by atoms with Crippen LogP contribution in [0.3, 0.4) is 0 Å². The summed E-state index contributed by atoms with van der Waals surface area (Å²) in [5.74, 6) is 0.436. The molecule has 3 aromatic rings. The summed E-state index contributed by atoms with van der Waals surface area (Å²) in [4.78, 5) is 16.9. The van der Waals surface area contributed by atoms with E-state index in [1.165, 1.54) is 12.1 Å². The lowest BCUT2D eigenvalue weighted by atomic mass is 10.1. The zero-order valence-corrected chi connectivity index (χ0v) is 15.3. The van der Waals surface area contributed by atoms with E-state index in [4.69, 9.17) is 0 Å². The average molecular weight is 391 g/mol. The summed E-state index contributed by atoms with van der Waals surface area (Å²) in [6.07, 6.45) is -3.48. The molecule has 0 aliphatic rings. The summed E-state index contributed by atoms with van der Waals surface area (Å²) in [6, 6.07) is 13.3. The van der Waals surface area contributed by atoms with Crippen molar-refractivity contribution < 1.29 is 22.7 Å². The Morgan fingerprint density at radius 1 is 1.14 bits per heavy atom. The van der Waals surface area contributed by atoms with E-state index in [0.29, 0.717) is 19.4 Å². The number of aromatic nitrogens is 2. The summed E-state index contributed by atoms with van der Waals surface area (Å²) < 4.78 is 42.2. The molecule has 3 rings (SSSR count). The van der Waals surface area contributed by atoms with Crippen LogP contribution in [0.1, 0.15) is 18.3 Å². The highest BCUT2D eigenvalue weighted by molar-refractivity contribution is 5.81. The van der Waals surface area contributed by atoms with Crippen LogP contribution in [0.15, 0.2) is 48.5 Å². The molecular formula is C20H20F3N3O2. The summed E-state index contributed by atoms with van der Waals surface area (Å²) in [7, 11) is 0. The standard InChI is InChI=1S/C20H20F3N3O2/c1-2-18-25-16-5-3-4-6-17(16)26(18)13-19(27)24-12-11-14-7-9-15(10-8-14)28-20(21,22)23/h3-10H,2,11-13H2,1H3,(H,24,27). The fourth-order valence-corrected chi connectivity index (χ4v) is 2.98. The third kappa shape index (κ3) is 5.03. The minimum absolute atomic E-state index is 0.144. The van der Waals surface area contributed by atoms with Crippen LogP contribution in [0.2, 0.25) is 0 Å². The van der Waals surface area contributed by atoms with Gasteiger partial charge in [-0.05, 0) is 36.2 Å². The average Bonchev–Trinajstić information content (AvgIpc) is 3.00. The molecule has 1 N–H and O–H groups in total. The van der Waals surface area contributed by atoms with Crippen LogP contribution < -0.4 is 10.1 Å². The first-order chi connectivity index (χ1) is 13.4. The van der Waals surface area contributed by atoms with Crippen molar-refractivity contribution in [3.8, 4) is 5.75 Å². The monoisotopic (exact) mass is 391 g/mol. The Bertz CT molecular complexity index is 949. The number of nitrogens with zero attached hydrogens (tertiary/aromatic N) is 2. The van der Waals surface area contributed by atoms with Gasteiger partial charge in [0.15, 0.2) is 0 Å². The van der Waals surface area contributed by atoms with Crippen molar-refractivity contribution >= 4 is 16.9 Å². The molecule has 0 radical (unpaired) electrons. The highest BCUT2D eigenvalue weighted by atomic mass is 19.4. The van der Waals surface area contributed by atoms with E-state index in [2.05, 4.69) is 15.0 Å². The lowest BCUT2D eigenvalue weighted by molar-refractivity contribution is -0.274. The first-order valence-electron chi connectivity index (χ1n) is 8.91. The molecule has 0 unspecified atom stereocenters. The van der Waals surface area contributed by atoms with Crippen molar-refractivity contribution in [1.82, 2.24) is 14.9 Å². The van der Waals surface area contributed by atoms with E-state index in [-0.39, 0.29) is 18.2 Å². The van der Waals surface area contributed by atoms with Gasteiger partial charge in [0.2, 0.25) is 5.91 Å². The number of nitrogens with one attached hydrogen (secondary N) is 1. The second kappa shape index (κ2) is 8.33. The summed E-state index contributed by atoms with van der Waals surface area (Å²) in [6.45, 7) is 2.54. The molecule has 0 bridgehead atoms. The van der Waals surface area contributed by atoms with Gasteiger partial charge in [-0.3, -0.25) is 4.79 Å². The molecule has 0 aliphatic carbocycles. The van der Waals surface area contributed by atoms with E-state index in [1.54, 1.807) is 12.1 Å². The number of rotatable bonds is 7. The van der Waals surface area contributed by atoms with Gasteiger partial charge in [-0.15, -0.1) is 13.2 Å². The number of fused-ring (bicyclic) bond motifs is 1. The van der Waals surface area contributed by atoms with Crippen molar-refractivity contribution in [1.29, 1.82) is 0 Å². The molecule has 1 aromatic heterocycles. The maximum atomic E-state index is 12.3. The SMILES string of the molecule is CCc1nc2ccccc2n1CC(=O)NCCc1ccc(OC(F)(F)F)cc1. The molecule has 1 heterocycles. The number of amides is 1. The number of carbonyl (C=O) groups is 1. The van der Waals surface area contributed by atoms with Crippen LogP contribution in [0.5, 0.6) is 5.75 Å². The van der Waals surface area contributed by atoms with Crippen molar-refractivity contribution in [3.63, 3.8) is 0 Å². The number of benzene rings is 2. The summed E-state index contributed by atoms with van der Waals surface area (Å²) in [5.41, 5.74) is 2.57. The van der Waals surface area contributed by atoms with Gasteiger partial charge >= 0.3 is 6.36 Å². The Hall–Kier alpha value is -3.03. The zero-order valence-electron chi connectivity index (χ0n) is 15.3. The second-order valence-corrected chi connectivity index (χ2v) is 6.25. The minimum Gasteiger partial charge on any atom is -0.406 e. The van der Waals surface area contributed by atoms with E-state index in [1.807, 2.05) is 35.8 Å². The largest absolute Gasteiger partial charge is 0.573 e. The Morgan fingerprint density at radius 3 is 2.54 bits per heavy atom. The third-order valence-corrected chi connectivity index (χ3v) is 4.24. The number of ether oxygens (including phenoxy) is 1. The lowest BCUT2D eigenvalue weighted by Gasteiger charge is -2.10. The lowest BCUT2D eigenvalue weighted by Crippen LogP contribution is -2.29. The van der Waals surface area contributed by atoms with Crippen LogP contribution in [0.25, 0.3) is 11.0 Å². The van der Waals surface area contributed by atoms with Crippen molar-refractivity contribution in [2.45, 2.75) is 32.7 Å². The van der Waals surface area contributed by atoms with Gasteiger partial charge < -0.3 is 14.6 Å². The van der Waals surface area contributed by atoms with Gasteiger partial charge in [0.05, 0.1) is 11.0 Å². The maximum Gasteiger partial charge on any atom is 0.573 e. The van der Waals surface area contributed by atoms with Gasteiger partial charge in [0.1, 0.15) is 18.1 Å². The summed E-state index contributed by atoms with van der Waals surface area (Å²) >= 11 is 0. The van der Waals surface area contributed by atoms with Gasteiger partial charge in [0, 0.05) is 13.0 Å². The van der Waals surface area contributed by atoms with Gasteiger partial charge in [-0.1, -0.05) is 31.2 Å². The van der Waals surface area contributed by atoms with Crippen molar-refractivity contribution in [3.05, 3.63) is 59.9 Å². The minimum atomic E-state index is -4.70. The molecule has 5 nitrogen and oxygen atoms in total. The molecule has 8 heteroatoms. The van der Waals surface area contributed by atoms with Crippen LogP contribution in [0, 0.1) is 0 Å². The number of imidazole rings is 1. The topological polar surface area (TPSA) is 56.2 Å². The van der Waals surface area contributed by atoms with E-state index >= 15 is 0 Å². The molecule has 28 heavy (non-hydrogen) atoms. The first kappa shape index (κ1) is 19.7. The molecule has 0 aliphatic heterocycles. The number of para-hydroxylation sites is 2. The molecule has 0 saturated carbocycles. The Kier molecular flexibility index (Phi) is 5.87. The fraction of sp³-hybridized carbons (Fsp3) is 0.300. The predicted molar refractivity (Wildman–Crippen MR) is 98.9 cm³/mol. The Morgan fingerprint density at radius 2 is 1.86 bits per heavy atom. The first-order valence-corrected chi connectivity index (χ1v) is 8.91. The smallest absolute Gasteiger partial charge is 0.406 e. The van der Waals surface area contributed by atoms with Crippen LogP contribution >= 0.6 is 0 Å². The van der Waals surface area contributed by atoms with E-state index < -0.39 is 6.36 Å². The molecule has 0 fully saturated rings. The maximum absolute atomic E-state index is 12.3.